The third-order valence-electron chi connectivity index (χ3n) is 3.16. The zero-order valence-electron chi connectivity index (χ0n) is 13.7. The Labute approximate surface area is 132 Å². The molecule has 0 aliphatic rings. The third-order valence-corrected chi connectivity index (χ3v) is 4.23. The fourth-order valence-corrected chi connectivity index (χ4v) is 3.15. The molecular formula is C17H26N2OS. The monoisotopic (exact) mass is 306 g/mol. The molecule has 2 aromatic rings. The summed E-state index contributed by atoms with van der Waals surface area (Å²) < 4.78 is 5.62. The second-order valence-electron chi connectivity index (χ2n) is 6.66. The zero-order chi connectivity index (χ0) is 15.5. The van der Waals surface area contributed by atoms with Gasteiger partial charge in [-0.3, -0.25) is 4.90 Å². The molecule has 21 heavy (non-hydrogen) atoms. The van der Waals surface area contributed by atoms with Crippen molar-refractivity contribution in [2.24, 2.45) is 0 Å². The van der Waals surface area contributed by atoms with Crippen molar-refractivity contribution in [2.45, 2.75) is 52.9 Å². The van der Waals surface area contributed by atoms with E-state index in [-0.39, 0.29) is 5.54 Å². The van der Waals surface area contributed by atoms with Crippen LogP contribution in [0.25, 0.3) is 0 Å². The van der Waals surface area contributed by atoms with Gasteiger partial charge < -0.3 is 9.73 Å². The summed E-state index contributed by atoms with van der Waals surface area (Å²) in [5.41, 5.74) is 0.165. The number of nitrogens with one attached hydrogen (secondary N) is 1. The van der Waals surface area contributed by atoms with Crippen LogP contribution in [0.15, 0.2) is 28.7 Å². The number of nitrogens with zero attached hydrogens (tertiary/aromatic N) is 1. The Morgan fingerprint density at radius 3 is 2.43 bits per heavy atom. The molecule has 0 aliphatic heterocycles. The summed E-state index contributed by atoms with van der Waals surface area (Å²) >= 11 is 1.88. The van der Waals surface area contributed by atoms with Crippen LogP contribution in [0.4, 0.5) is 0 Å². The van der Waals surface area contributed by atoms with E-state index >= 15 is 0 Å². The summed E-state index contributed by atoms with van der Waals surface area (Å²) in [5, 5.41) is 3.53. The van der Waals surface area contributed by atoms with E-state index in [1.54, 1.807) is 0 Å². The molecule has 2 heterocycles. The first-order valence-corrected chi connectivity index (χ1v) is 8.20. The molecule has 0 saturated heterocycles. The van der Waals surface area contributed by atoms with E-state index < -0.39 is 0 Å². The molecule has 2 rings (SSSR count). The molecule has 0 fully saturated rings. The molecule has 0 atom stereocenters. The van der Waals surface area contributed by atoms with Crippen molar-refractivity contribution in [1.29, 1.82) is 0 Å². The molecule has 0 spiro atoms. The molecular weight excluding hydrogens is 280 g/mol. The van der Waals surface area contributed by atoms with E-state index in [4.69, 9.17) is 4.42 Å². The van der Waals surface area contributed by atoms with Gasteiger partial charge >= 0.3 is 0 Å². The van der Waals surface area contributed by atoms with Crippen LogP contribution in [0.3, 0.4) is 0 Å². The molecule has 0 unspecified atom stereocenters. The Bertz CT molecular complexity index is 565. The minimum Gasteiger partial charge on any atom is -0.465 e. The van der Waals surface area contributed by atoms with E-state index in [1.807, 2.05) is 24.3 Å². The van der Waals surface area contributed by atoms with Crippen molar-refractivity contribution >= 4 is 11.3 Å². The predicted molar refractivity (Wildman–Crippen MR) is 89.5 cm³/mol. The fourth-order valence-electron chi connectivity index (χ4n) is 2.11. The number of thiophene rings is 1. The van der Waals surface area contributed by atoms with Crippen LogP contribution in [-0.2, 0) is 19.6 Å². The van der Waals surface area contributed by atoms with Crippen molar-refractivity contribution in [3.8, 4) is 0 Å². The molecule has 1 N–H and O–H groups in total. The smallest absolute Gasteiger partial charge is 0.118 e. The highest BCUT2D eigenvalue weighted by atomic mass is 32.1. The number of rotatable bonds is 6. The lowest BCUT2D eigenvalue weighted by Crippen LogP contribution is -2.34. The Morgan fingerprint density at radius 1 is 1.10 bits per heavy atom. The highest BCUT2D eigenvalue weighted by Crippen LogP contribution is 2.20. The zero-order valence-corrected chi connectivity index (χ0v) is 14.5. The van der Waals surface area contributed by atoms with Crippen LogP contribution in [0.5, 0.6) is 0 Å². The first-order chi connectivity index (χ1) is 9.82. The minimum absolute atomic E-state index is 0.165. The van der Waals surface area contributed by atoms with Crippen molar-refractivity contribution in [3.05, 3.63) is 45.5 Å². The molecule has 0 aromatic carbocycles. The van der Waals surface area contributed by atoms with E-state index in [9.17, 15) is 0 Å². The molecule has 4 heteroatoms. The quantitative estimate of drug-likeness (QED) is 0.868. The van der Waals surface area contributed by atoms with Gasteiger partial charge in [-0.1, -0.05) is 0 Å². The Hall–Kier alpha value is -1.10. The van der Waals surface area contributed by atoms with Crippen molar-refractivity contribution in [1.82, 2.24) is 10.2 Å². The second kappa shape index (κ2) is 6.77. The summed E-state index contributed by atoms with van der Waals surface area (Å²) in [7, 11) is 2.13. The topological polar surface area (TPSA) is 28.4 Å². The van der Waals surface area contributed by atoms with Gasteiger partial charge in [0, 0.05) is 28.4 Å². The normalized spacial score (nSPS) is 12.3. The van der Waals surface area contributed by atoms with Gasteiger partial charge in [-0.15, -0.1) is 11.3 Å². The molecule has 0 aliphatic carbocycles. The highest BCUT2D eigenvalue weighted by Gasteiger charge is 2.10. The van der Waals surface area contributed by atoms with Crippen LogP contribution >= 0.6 is 11.3 Å². The van der Waals surface area contributed by atoms with Gasteiger partial charge in [0.1, 0.15) is 11.5 Å². The summed E-state index contributed by atoms with van der Waals surface area (Å²) in [6.07, 6.45) is 0. The summed E-state index contributed by atoms with van der Waals surface area (Å²) in [4.78, 5) is 5.07. The molecule has 116 valence electrons. The van der Waals surface area contributed by atoms with Gasteiger partial charge in [-0.2, -0.15) is 0 Å². The molecule has 0 amide bonds. The molecule has 2 aromatic heterocycles. The maximum atomic E-state index is 5.62. The van der Waals surface area contributed by atoms with E-state index in [0.29, 0.717) is 0 Å². The van der Waals surface area contributed by atoms with Crippen LogP contribution in [0.2, 0.25) is 0 Å². The molecule has 0 bridgehead atoms. The highest BCUT2D eigenvalue weighted by molar-refractivity contribution is 7.11. The Morgan fingerprint density at radius 2 is 1.81 bits per heavy atom. The van der Waals surface area contributed by atoms with Crippen LogP contribution in [-0.4, -0.2) is 17.5 Å². The number of hydrogen-bond acceptors (Lipinski definition) is 4. The summed E-state index contributed by atoms with van der Waals surface area (Å²) in [5.74, 6) is 2.01. The van der Waals surface area contributed by atoms with Gasteiger partial charge in [-0.05, 0) is 59.0 Å². The average molecular weight is 306 g/mol. The summed E-state index contributed by atoms with van der Waals surface area (Å²) in [6, 6.07) is 8.53. The van der Waals surface area contributed by atoms with Gasteiger partial charge in [0.05, 0.1) is 6.54 Å². The number of aryl methyl sites for hydroxylation is 1. The van der Waals surface area contributed by atoms with E-state index in [1.165, 1.54) is 9.75 Å². The fraction of sp³-hybridized carbons (Fsp3) is 0.529. The van der Waals surface area contributed by atoms with Gasteiger partial charge in [0.25, 0.3) is 0 Å². The summed E-state index contributed by atoms with van der Waals surface area (Å²) in [6.45, 7) is 11.3. The third kappa shape index (κ3) is 5.65. The van der Waals surface area contributed by atoms with Crippen LogP contribution < -0.4 is 5.32 Å². The van der Waals surface area contributed by atoms with E-state index in [0.717, 1.165) is 31.2 Å². The largest absolute Gasteiger partial charge is 0.465 e. The Kier molecular flexibility index (Phi) is 5.25. The van der Waals surface area contributed by atoms with Crippen molar-refractivity contribution in [2.75, 3.05) is 7.05 Å². The van der Waals surface area contributed by atoms with Gasteiger partial charge in [-0.25, -0.2) is 0 Å². The lowest BCUT2D eigenvalue weighted by Gasteiger charge is -2.19. The first-order valence-electron chi connectivity index (χ1n) is 7.38. The van der Waals surface area contributed by atoms with Gasteiger partial charge in [0.2, 0.25) is 0 Å². The molecule has 0 radical (unpaired) electrons. The predicted octanol–water partition coefficient (Wildman–Crippen LogP) is 4.17. The molecule has 0 saturated carbocycles. The van der Waals surface area contributed by atoms with Gasteiger partial charge in [0.15, 0.2) is 0 Å². The van der Waals surface area contributed by atoms with Crippen molar-refractivity contribution < 1.29 is 4.42 Å². The average Bonchev–Trinajstić information content (AvgIpc) is 2.95. The number of furan rings is 1. The van der Waals surface area contributed by atoms with Crippen LogP contribution in [0, 0.1) is 6.92 Å². The standard InChI is InChI=1S/C17H26N2OS/c1-13-6-7-14(20-13)11-19(5)12-16-9-8-15(21-16)10-18-17(2,3)4/h6-9,18H,10-12H2,1-5H3. The second-order valence-corrected chi connectivity index (χ2v) is 7.91. The Balaban J connectivity index is 1.84. The van der Waals surface area contributed by atoms with Crippen LogP contribution in [0.1, 0.15) is 42.0 Å². The first kappa shape index (κ1) is 16.3. The van der Waals surface area contributed by atoms with Crippen molar-refractivity contribution in [3.63, 3.8) is 0 Å². The van der Waals surface area contributed by atoms with E-state index in [2.05, 4.69) is 56.2 Å². The minimum atomic E-state index is 0.165. The lowest BCUT2D eigenvalue weighted by molar-refractivity contribution is 0.287. The number of hydrogen-bond donors (Lipinski definition) is 1. The maximum Gasteiger partial charge on any atom is 0.118 e. The molecule has 3 nitrogen and oxygen atoms in total. The maximum absolute atomic E-state index is 5.62. The lowest BCUT2D eigenvalue weighted by atomic mass is 10.1. The SMILES string of the molecule is Cc1ccc(CN(C)Cc2ccc(CNC(C)(C)C)s2)o1.